The zero-order valence-corrected chi connectivity index (χ0v) is 12.3. The first-order valence-corrected chi connectivity index (χ1v) is 6.50. The van der Waals surface area contributed by atoms with E-state index in [-0.39, 0.29) is 6.54 Å². The number of rotatable bonds is 4. The van der Waals surface area contributed by atoms with Crippen LogP contribution in [0.2, 0.25) is 0 Å². The van der Waals surface area contributed by atoms with Crippen LogP contribution in [0.4, 0.5) is 4.79 Å². The molecule has 0 radical (unpaired) electrons. The van der Waals surface area contributed by atoms with Gasteiger partial charge in [0, 0.05) is 6.54 Å². The Labute approximate surface area is 123 Å². The van der Waals surface area contributed by atoms with E-state index < -0.39 is 23.5 Å². The monoisotopic (exact) mass is 289 g/mol. The highest BCUT2D eigenvalue weighted by atomic mass is 16.4. The SMILES string of the molecule is CC(C)(C)[C@H](NC(=O)NCc1ccc(C#N)cc1)C(=O)O. The predicted octanol–water partition coefficient (Wildman–Crippen LogP) is 1.86. The Kier molecular flexibility index (Phi) is 5.30. The van der Waals surface area contributed by atoms with E-state index in [0.29, 0.717) is 5.56 Å². The molecule has 3 N–H and O–H groups in total. The third kappa shape index (κ3) is 5.15. The highest BCUT2D eigenvalue weighted by molar-refractivity contribution is 5.83. The van der Waals surface area contributed by atoms with E-state index in [2.05, 4.69) is 10.6 Å². The molecule has 1 atom stereocenters. The van der Waals surface area contributed by atoms with Crippen LogP contribution in [0.15, 0.2) is 24.3 Å². The molecule has 0 aliphatic rings. The number of amides is 2. The van der Waals surface area contributed by atoms with Crippen LogP contribution in [0.25, 0.3) is 0 Å². The molecular weight excluding hydrogens is 270 g/mol. The molecule has 0 aliphatic carbocycles. The number of nitrogens with one attached hydrogen (secondary N) is 2. The van der Waals surface area contributed by atoms with Crippen LogP contribution >= 0.6 is 0 Å². The summed E-state index contributed by atoms with van der Waals surface area (Å²) in [7, 11) is 0. The number of aliphatic carboxylic acids is 1. The Morgan fingerprint density at radius 3 is 2.29 bits per heavy atom. The lowest BCUT2D eigenvalue weighted by Gasteiger charge is -2.27. The maximum Gasteiger partial charge on any atom is 0.326 e. The third-order valence-electron chi connectivity index (χ3n) is 2.92. The molecule has 0 aliphatic heterocycles. The lowest BCUT2D eigenvalue weighted by molar-refractivity contribution is -0.141. The third-order valence-corrected chi connectivity index (χ3v) is 2.92. The topological polar surface area (TPSA) is 102 Å². The van der Waals surface area contributed by atoms with Crippen molar-refractivity contribution in [2.45, 2.75) is 33.4 Å². The smallest absolute Gasteiger partial charge is 0.326 e. The number of carboxylic acids is 1. The van der Waals surface area contributed by atoms with Gasteiger partial charge in [-0.1, -0.05) is 32.9 Å². The highest BCUT2D eigenvalue weighted by Crippen LogP contribution is 2.19. The van der Waals surface area contributed by atoms with E-state index in [0.717, 1.165) is 5.56 Å². The first kappa shape index (κ1) is 16.5. The second-order valence-corrected chi connectivity index (χ2v) is 5.77. The normalized spacial score (nSPS) is 12.1. The first-order valence-electron chi connectivity index (χ1n) is 6.50. The number of nitrogens with zero attached hydrogens (tertiary/aromatic N) is 1. The lowest BCUT2D eigenvalue weighted by Crippen LogP contribution is -2.52. The quantitative estimate of drug-likeness (QED) is 0.787. The second kappa shape index (κ2) is 6.75. The van der Waals surface area contributed by atoms with Crippen molar-refractivity contribution < 1.29 is 14.7 Å². The molecule has 6 nitrogen and oxygen atoms in total. The number of hydrogen-bond donors (Lipinski definition) is 3. The summed E-state index contributed by atoms with van der Waals surface area (Å²) in [6.07, 6.45) is 0. The van der Waals surface area contributed by atoms with Crippen molar-refractivity contribution in [3.8, 4) is 6.07 Å². The largest absolute Gasteiger partial charge is 0.480 e. The molecule has 112 valence electrons. The van der Waals surface area contributed by atoms with E-state index >= 15 is 0 Å². The molecule has 0 aromatic heterocycles. The number of hydrogen-bond acceptors (Lipinski definition) is 3. The maximum atomic E-state index is 11.8. The van der Waals surface area contributed by atoms with Crippen molar-refractivity contribution in [2.24, 2.45) is 5.41 Å². The summed E-state index contributed by atoms with van der Waals surface area (Å²) in [5.74, 6) is -1.07. The predicted molar refractivity (Wildman–Crippen MR) is 77.4 cm³/mol. The van der Waals surface area contributed by atoms with Crippen molar-refractivity contribution in [1.29, 1.82) is 5.26 Å². The van der Waals surface area contributed by atoms with Crippen LogP contribution in [-0.2, 0) is 11.3 Å². The molecule has 0 bridgehead atoms. The van der Waals surface area contributed by atoms with Gasteiger partial charge in [-0.05, 0) is 23.1 Å². The number of carboxylic acid groups (broad SMARTS) is 1. The molecule has 0 saturated heterocycles. The Morgan fingerprint density at radius 2 is 1.86 bits per heavy atom. The second-order valence-electron chi connectivity index (χ2n) is 5.77. The molecule has 0 heterocycles. The Morgan fingerprint density at radius 1 is 1.29 bits per heavy atom. The van der Waals surface area contributed by atoms with Crippen molar-refractivity contribution in [3.05, 3.63) is 35.4 Å². The van der Waals surface area contributed by atoms with Gasteiger partial charge in [-0.2, -0.15) is 5.26 Å². The average molecular weight is 289 g/mol. The average Bonchev–Trinajstić information content (AvgIpc) is 2.41. The summed E-state index contributed by atoms with van der Waals surface area (Å²) in [5.41, 5.74) is 0.783. The van der Waals surface area contributed by atoms with Gasteiger partial charge in [0.25, 0.3) is 0 Å². The summed E-state index contributed by atoms with van der Waals surface area (Å²) in [4.78, 5) is 22.9. The number of carbonyl (C=O) groups excluding carboxylic acids is 1. The van der Waals surface area contributed by atoms with Gasteiger partial charge in [0.1, 0.15) is 6.04 Å². The molecule has 2 amide bonds. The van der Waals surface area contributed by atoms with E-state index in [1.807, 2.05) is 6.07 Å². The summed E-state index contributed by atoms with van der Waals surface area (Å²) in [6, 6.07) is 7.28. The van der Waals surface area contributed by atoms with Crippen LogP contribution in [0, 0.1) is 16.7 Å². The van der Waals surface area contributed by atoms with Gasteiger partial charge in [0.15, 0.2) is 0 Å². The van der Waals surface area contributed by atoms with Gasteiger partial charge in [-0.25, -0.2) is 9.59 Å². The minimum Gasteiger partial charge on any atom is -0.480 e. The fourth-order valence-electron chi connectivity index (χ4n) is 1.71. The fourth-order valence-corrected chi connectivity index (χ4v) is 1.71. The first-order chi connectivity index (χ1) is 9.74. The number of carbonyl (C=O) groups is 2. The number of nitriles is 1. The summed E-state index contributed by atoms with van der Waals surface area (Å²) >= 11 is 0. The molecule has 1 aromatic rings. The van der Waals surface area contributed by atoms with Crippen molar-refractivity contribution >= 4 is 12.0 Å². The molecule has 21 heavy (non-hydrogen) atoms. The Balaban J connectivity index is 2.57. The van der Waals surface area contributed by atoms with Crippen LogP contribution in [0.1, 0.15) is 31.9 Å². The zero-order valence-electron chi connectivity index (χ0n) is 12.3. The number of benzene rings is 1. The van der Waals surface area contributed by atoms with Gasteiger partial charge < -0.3 is 15.7 Å². The minimum absolute atomic E-state index is 0.258. The maximum absolute atomic E-state index is 11.8. The minimum atomic E-state index is -1.07. The fraction of sp³-hybridized carbons (Fsp3) is 0.400. The zero-order chi connectivity index (χ0) is 16.0. The number of urea groups is 1. The van der Waals surface area contributed by atoms with Gasteiger partial charge in [0.05, 0.1) is 11.6 Å². The molecule has 0 fully saturated rings. The van der Waals surface area contributed by atoms with Crippen LogP contribution in [-0.4, -0.2) is 23.1 Å². The van der Waals surface area contributed by atoms with Gasteiger partial charge in [-0.3, -0.25) is 0 Å². The van der Waals surface area contributed by atoms with Gasteiger partial charge in [-0.15, -0.1) is 0 Å². The molecule has 1 aromatic carbocycles. The van der Waals surface area contributed by atoms with Gasteiger partial charge in [0.2, 0.25) is 0 Å². The van der Waals surface area contributed by atoms with Crippen molar-refractivity contribution in [1.82, 2.24) is 10.6 Å². The van der Waals surface area contributed by atoms with E-state index in [1.165, 1.54) is 0 Å². The Bertz CT molecular complexity index is 553. The summed E-state index contributed by atoms with van der Waals surface area (Å²) < 4.78 is 0. The van der Waals surface area contributed by atoms with Crippen LogP contribution in [0.3, 0.4) is 0 Å². The molecule has 1 rings (SSSR count). The Hall–Kier alpha value is -2.55. The van der Waals surface area contributed by atoms with Crippen molar-refractivity contribution in [2.75, 3.05) is 0 Å². The molecular formula is C15H19N3O3. The highest BCUT2D eigenvalue weighted by Gasteiger charge is 2.32. The summed E-state index contributed by atoms with van der Waals surface area (Å²) in [5, 5.41) is 22.9. The van der Waals surface area contributed by atoms with E-state index in [1.54, 1.807) is 45.0 Å². The molecule has 0 unspecified atom stereocenters. The molecule has 0 saturated carbocycles. The van der Waals surface area contributed by atoms with E-state index in [4.69, 9.17) is 10.4 Å². The standard InChI is InChI=1S/C15H19N3O3/c1-15(2,3)12(13(19)20)18-14(21)17-9-11-6-4-10(8-16)5-7-11/h4-7,12H,9H2,1-3H3,(H,19,20)(H2,17,18,21)/t12-/m1/s1. The van der Waals surface area contributed by atoms with Crippen molar-refractivity contribution in [3.63, 3.8) is 0 Å². The lowest BCUT2D eigenvalue weighted by atomic mass is 9.87. The van der Waals surface area contributed by atoms with Gasteiger partial charge >= 0.3 is 12.0 Å². The summed E-state index contributed by atoms with van der Waals surface area (Å²) in [6.45, 7) is 5.49. The van der Waals surface area contributed by atoms with Crippen LogP contribution in [0.5, 0.6) is 0 Å². The molecule has 0 spiro atoms. The van der Waals surface area contributed by atoms with E-state index in [9.17, 15) is 9.59 Å². The van der Waals surface area contributed by atoms with Crippen LogP contribution < -0.4 is 10.6 Å². The molecule has 6 heteroatoms.